The number of hydrogen-bond donors (Lipinski definition) is 0. The van der Waals surface area contributed by atoms with Gasteiger partial charge in [0.05, 0.1) is 33.7 Å². The van der Waals surface area contributed by atoms with Gasteiger partial charge in [0.1, 0.15) is 0 Å². The van der Waals surface area contributed by atoms with E-state index < -0.39 is 0 Å². The molecule has 3 aromatic heterocycles. The zero-order chi connectivity index (χ0) is 22.5. The van der Waals surface area contributed by atoms with Gasteiger partial charge in [-0.3, -0.25) is 9.80 Å². The number of aromatic nitrogens is 5. The summed E-state index contributed by atoms with van der Waals surface area (Å²) in [6, 6.07) is 4.17. The van der Waals surface area contributed by atoms with Crippen molar-refractivity contribution < 1.29 is 9.15 Å². The minimum Gasteiger partial charge on any atom is -0.419 e. The van der Waals surface area contributed by atoms with E-state index in [9.17, 15) is 0 Å². The maximum Gasteiger partial charge on any atom is 0.257 e. The first-order chi connectivity index (χ1) is 15.5. The Hall–Kier alpha value is -1.31. The summed E-state index contributed by atoms with van der Waals surface area (Å²) in [5.74, 6) is 2.68. The van der Waals surface area contributed by atoms with Crippen LogP contribution < -0.4 is 0 Å². The highest BCUT2D eigenvalue weighted by atomic mass is 79.9. The predicted molar refractivity (Wildman–Crippen MR) is 129 cm³/mol. The standard InChI is InChI=1S/C20H28BrN7O2S2/c1-4-14(26(2)3)18-23-25-20(28(18)8-7-27-9-11-29-12-10-27)31-13-17-22-24-19(30-17)15-5-6-16(21)32-15/h5-6,14H,4,7-13H2,1-3H3/t14-/m1/s1. The third-order valence-electron chi connectivity index (χ3n) is 5.37. The Bertz CT molecular complexity index is 1000. The van der Waals surface area contributed by atoms with E-state index in [0.717, 1.165) is 65.5 Å². The van der Waals surface area contributed by atoms with Crippen molar-refractivity contribution in [3.8, 4) is 10.8 Å². The fraction of sp³-hybridized carbons (Fsp3) is 0.600. The summed E-state index contributed by atoms with van der Waals surface area (Å²) in [5, 5.41) is 18.4. The van der Waals surface area contributed by atoms with Crippen molar-refractivity contribution in [3.63, 3.8) is 0 Å². The van der Waals surface area contributed by atoms with Gasteiger partial charge >= 0.3 is 0 Å². The number of nitrogens with zero attached hydrogens (tertiary/aromatic N) is 7. The minimum absolute atomic E-state index is 0.217. The van der Waals surface area contributed by atoms with Crippen molar-refractivity contribution in [3.05, 3.63) is 27.6 Å². The Labute approximate surface area is 204 Å². The first-order valence-electron chi connectivity index (χ1n) is 10.7. The first kappa shape index (κ1) is 23.8. The summed E-state index contributed by atoms with van der Waals surface area (Å²) in [6.07, 6.45) is 0.969. The van der Waals surface area contributed by atoms with E-state index in [1.807, 2.05) is 12.1 Å². The van der Waals surface area contributed by atoms with Crippen LogP contribution in [0.5, 0.6) is 0 Å². The maximum absolute atomic E-state index is 5.87. The van der Waals surface area contributed by atoms with E-state index in [1.54, 1.807) is 23.1 Å². The molecule has 9 nitrogen and oxygen atoms in total. The summed E-state index contributed by atoms with van der Waals surface area (Å²) in [7, 11) is 4.18. The number of ether oxygens (including phenoxy) is 1. The number of morpholine rings is 1. The molecule has 0 N–H and O–H groups in total. The topological polar surface area (TPSA) is 85.3 Å². The summed E-state index contributed by atoms with van der Waals surface area (Å²) in [4.78, 5) is 5.59. The fourth-order valence-electron chi connectivity index (χ4n) is 3.68. The third-order valence-corrected chi connectivity index (χ3v) is 7.94. The Balaban J connectivity index is 1.48. The monoisotopic (exact) mass is 541 g/mol. The van der Waals surface area contributed by atoms with Crippen LogP contribution in [0.4, 0.5) is 0 Å². The molecule has 0 aliphatic carbocycles. The number of thiophene rings is 1. The summed E-state index contributed by atoms with van der Waals surface area (Å²) >= 11 is 6.63. The molecule has 1 saturated heterocycles. The molecule has 0 spiro atoms. The molecule has 1 aliphatic rings. The van der Waals surface area contributed by atoms with Gasteiger partial charge in [-0.05, 0) is 48.6 Å². The predicted octanol–water partition coefficient (Wildman–Crippen LogP) is 3.79. The maximum atomic E-state index is 5.87. The molecule has 1 aliphatic heterocycles. The molecule has 3 aromatic rings. The number of thioether (sulfide) groups is 1. The quantitative estimate of drug-likeness (QED) is 0.355. The number of halogens is 1. The molecule has 0 amide bonds. The van der Waals surface area contributed by atoms with Crippen LogP contribution >= 0.6 is 39.0 Å². The van der Waals surface area contributed by atoms with Gasteiger partial charge in [0.25, 0.3) is 5.89 Å². The molecule has 0 unspecified atom stereocenters. The first-order valence-corrected chi connectivity index (χ1v) is 13.2. The van der Waals surface area contributed by atoms with Crippen molar-refractivity contribution in [2.75, 3.05) is 46.9 Å². The van der Waals surface area contributed by atoms with Crippen LogP contribution in [0, 0.1) is 0 Å². The van der Waals surface area contributed by atoms with Crippen LogP contribution in [-0.4, -0.2) is 81.7 Å². The van der Waals surface area contributed by atoms with Gasteiger partial charge in [-0.2, -0.15) is 0 Å². The number of rotatable bonds is 10. The lowest BCUT2D eigenvalue weighted by atomic mass is 10.2. The van der Waals surface area contributed by atoms with E-state index in [0.29, 0.717) is 17.5 Å². The normalized spacial score (nSPS) is 16.2. The molecule has 4 rings (SSSR count). The molecule has 0 saturated carbocycles. The molecule has 174 valence electrons. The van der Waals surface area contributed by atoms with Crippen LogP contribution in [0.15, 0.2) is 25.5 Å². The van der Waals surface area contributed by atoms with Crippen LogP contribution in [0.2, 0.25) is 0 Å². The second kappa shape index (κ2) is 11.2. The molecule has 0 aromatic carbocycles. The molecule has 0 radical (unpaired) electrons. The van der Waals surface area contributed by atoms with Gasteiger partial charge in [0.15, 0.2) is 11.0 Å². The van der Waals surface area contributed by atoms with Crippen LogP contribution in [-0.2, 0) is 17.0 Å². The average molecular weight is 543 g/mol. The van der Waals surface area contributed by atoms with Crippen molar-refractivity contribution in [2.45, 2.75) is 36.8 Å². The Morgan fingerprint density at radius 3 is 2.66 bits per heavy atom. The van der Waals surface area contributed by atoms with Crippen LogP contribution in [0.3, 0.4) is 0 Å². The minimum atomic E-state index is 0.217. The summed E-state index contributed by atoms with van der Waals surface area (Å²) < 4.78 is 14.6. The van der Waals surface area contributed by atoms with E-state index in [2.05, 4.69) is 71.7 Å². The average Bonchev–Trinajstić information content (AvgIpc) is 3.52. The Kier molecular flexibility index (Phi) is 8.35. The lowest BCUT2D eigenvalue weighted by molar-refractivity contribution is 0.0358. The van der Waals surface area contributed by atoms with Crippen LogP contribution in [0.25, 0.3) is 10.8 Å². The summed E-state index contributed by atoms with van der Waals surface area (Å²) in [5.41, 5.74) is 0. The molecule has 1 fully saturated rings. The van der Waals surface area contributed by atoms with Gasteiger partial charge < -0.3 is 13.7 Å². The van der Waals surface area contributed by atoms with Crippen molar-refractivity contribution in [2.24, 2.45) is 0 Å². The molecule has 4 heterocycles. The largest absolute Gasteiger partial charge is 0.419 e. The number of hydrogen-bond acceptors (Lipinski definition) is 10. The highest BCUT2D eigenvalue weighted by Crippen LogP contribution is 2.32. The second-order valence-electron chi connectivity index (χ2n) is 7.73. The van der Waals surface area contributed by atoms with Gasteiger partial charge in [0.2, 0.25) is 5.89 Å². The fourth-order valence-corrected chi connectivity index (χ4v) is 5.79. The van der Waals surface area contributed by atoms with Crippen LogP contribution in [0.1, 0.15) is 31.1 Å². The zero-order valence-corrected chi connectivity index (χ0v) is 21.7. The highest BCUT2D eigenvalue weighted by Gasteiger charge is 2.23. The smallest absolute Gasteiger partial charge is 0.257 e. The zero-order valence-electron chi connectivity index (χ0n) is 18.5. The van der Waals surface area contributed by atoms with E-state index in [1.165, 1.54) is 0 Å². The van der Waals surface area contributed by atoms with Gasteiger partial charge in [-0.1, -0.05) is 18.7 Å². The lowest BCUT2D eigenvalue weighted by Crippen LogP contribution is -2.38. The third kappa shape index (κ3) is 5.78. The Morgan fingerprint density at radius 2 is 1.97 bits per heavy atom. The van der Waals surface area contributed by atoms with Gasteiger partial charge in [0, 0.05) is 26.2 Å². The van der Waals surface area contributed by atoms with E-state index in [4.69, 9.17) is 9.15 Å². The molecule has 0 bridgehead atoms. The molecular weight excluding hydrogens is 514 g/mol. The van der Waals surface area contributed by atoms with Gasteiger partial charge in [-0.15, -0.1) is 31.7 Å². The highest BCUT2D eigenvalue weighted by molar-refractivity contribution is 9.11. The molecule has 32 heavy (non-hydrogen) atoms. The SMILES string of the molecule is CC[C@H](c1nnc(SCc2nnc(-c3ccc(Br)s3)o2)n1CCN1CCOCC1)N(C)C. The van der Waals surface area contributed by atoms with E-state index >= 15 is 0 Å². The van der Waals surface area contributed by atoms with Crippen molar-refractivity contribution in [1.82, 2.24) is 34.8 Å². The van der Waals surface area contributed by atoms with E-state index in [-0.39, 0.29) is 6.04 Å². The van der Waals surface area contributed by atoms with Crippen molar-refractivity contribution in [1.29, 1.82) is 0 Å². The second-order valence-corrected chi connectivity index (χ2v) is 11.1. The van der Waals surface area contributed by atoms with Crippen molar-refractivity contribution >= 4 is 39.0 Å². The lowest BCUT2D eigenvalue weighted by Gasteiger charge is -2.28. The molecule has 12 heteroatoms. The Morgan fingerprint density at radius 1 is 1.16 bits per heavy atom. The molecule has 1 atom stereocenters. The van der Waals surface area contributed by atoms with Gasteiger partial charge in [-0.25, -0.2) is 0 Å². The summed E-state index contributed by atoms with van der Waals surface area (Å²) in [6.45, 7) is 7.50. The molecular formula is C20H28BrN7O2S2.